The molecule has 10 fully saturated rings. The lowest BCUT2D eigenvalue weighted by Gasteiger charge is -2.45. The zero-order valence-corrected chi connectivity index (χ0v) is 58.0. The van der Waals surface area contributed by atoms with Gasteiger partial charge in [0.1, 0.15) is 244 Å². The molecule has 50 atom stereocenters. The van der Waals surface area contributed by atoms with Crippen LogP contribution in [0.1, 0.15) is 0 Å². The highest BCUT2D eigenvalue weighted by Gasteiger charge is 2.56. The molecule has 0 aromatic heterocycles. The van der Waals surface area contributed by atoms with Crippen LogP contribution >= 0.6 is 0 Å². The van der Waals surface area contributed by atoms with E-state index in [2.05, 4.69) is 0 Å². The molecule has 32 N–H and O–H groups in total. The number of aliphatic hydroxyl groups is 32. The van der Waals surface area contributed by atoms with E-state index in [9.17, 15) is 163 Å². The van der Waals surface area contributed by atoms with Crippen molar-refractivity contribution in [1.29, 1.82) is 0 Å². The Hall–Kier alpha value is -2.04. The normalized spacial score (nSPS) is 53.7. The second-order valence-electron chi connectivity index (χ2n) is 28.4. The van der Waals surface area contributed by atoms with E-state index in [-0.39, 0.29) is 0 Å². The first-order valence-electron chi connectivity index (χ1n) is 35.2. The van der Waals surface area contributed by atoms with Crippen LogP contribution in [0.3, 0.4) is 0 Å². The second-order valence-corrected chi connectivity index (χ2v) is 28.4. The van der Waals surface area contributed by atoms with Gasteiger partial charge in [0.2, 0.25) is 0 Å². The Balaban J connectivity index is 0.678. The van der Waals surface area contributed by atoms with Gasteiger partial charge in [-0.15, -0.1) is 0 Å². The van der Waals surface area contributed by atoms with E-state index in [0.29, 0.717) is 0 Å². The third-order valence-corrected chi connectivity index (χ3v) is 20.7. The number of hydrogen-bond donors (Lipinski definition) is 32. The Labute approximate surface area is 625 Å². The average molecular weight is 1640 g/mol. The van der Waals surface area contributed by atoms with Crippen LogP contribution in [0.5, 0.6) is 0 Å². The van der Waals surface area contributed by atoms with Gasteiger partial charge in [-0.05, 0) is 0 Å². The zero-order chi connectivity index (χ0) is 81.4. The number of hydrogen-bond acceptors (Lipinski definition) is 51. The molecule has 648 valence electrons. The Morgan fingerprint density at radius 2 is 0.252 bits per heavy atom. The van der Waals surface area contributed by atoms with Crippen LogP contribution < -0.4 is 0 Å². The highest BCUT2D eigenvalue weighted by atomic mass is 16.8. The molecule has 0 aromatic rings. The second kappa shape index (κ2) is 39.4. The fourth-order valence-electron chi connectivity index (χ4n) is 13.5. The molecular weight excluding hydrogens is 1540 g/mol. The number of rotatable bonds is 28. The summed E-state index contributed by atoms with van der Waals surface area (Å²) >= 11 is 0. The minimum Gasteiger partial charge on any atom is -0.394 e. The van der Waals surface area contributed by atoms with E-state index in [1.807, 2.05) is 0 Å². The maximum absolute atomic E-state index is 11.0. The van der Waals surface area contributed by atoms with Gasteiger partial charge in [0.05, 0.1) is 66.1 Å². The Bertz CT molecular complexity index is 2770. The van der Waals surface area contributed by atoms with E-state index in [1.54, 1.807) is 0 Å². The van der Waals surface area contributed by atoms with Crippen molar-refractivity contribution in [2.24, 2.45) is 0 Å². The molecule has 10 rings (SSSR count). The summed E-state index contributed by atoms with van der Waals surface area (Å²) in [5.41, 5.74) is 0. The molecule has 0 bridgehead atoms. The molecule has 0 aliphatic carbocycles. The van der Waals surface area contributed by atoms with Gasteiger partial charge in [-0.2, -0.15) is 0 Å². The van der Waals surface area contributed by atoms with Crippen molar-refractivity contribution in [3.63, 3.8) is 0 Å². The van der Waals surface area contributed by atoms with Gasteiger partial charge in [0.15, 0.2) is 62.9 Å². The van der Waals surface area contributed by atoms with Gasteiger partial charge < -0.3 is 253 Å². The molecular formula is C60H102O51. The first-order chi connectivity index (χ1) is 52.4. The highest BCUT2D eigenvalue weighted by molar-refractivity contribution is 5.00. The van der Waals surface area contributed by atoms with E-state index in [4.69, 9.17) is 90.0 Å². The third kappa shape index (κ3) is 20.2. The smallest absolute Gasteiger partial charge is 0.186 e. The lowest BCUT2D eigenvalue weighted by molar-refractivity contribution is -0.355. The molecule has 0 amide bonds. The quantitative estimate of drug-likeness (QED) is 0.0346. The van der Waals surface area contributed by atoms with Crippen molar-refractivity contribution in [3.05, 3.63) is 0 Å². The molecule has 10 saturated heterocycles. The van der Waals surface area contributed by atoms with Crippen LogP contribution in [0.2, 0.25) is 0 Å². The van der Waals surface area contributed by atoms with Crippen LogP contribution in [0, 0.1) is 0 Å². The first-order valence-corrected chi connectivity index (χ1v) is 35.2. The molecule has 0 saturated carbocycles. The maximum atomic E-state index is 11.0. The molecule has 0 unspecified atom stereocenters. The number of ether oxygens (including phenoxy) is 19. The van der Waals surface area contributed by atoms with Crippen molar-refractivity contribution >= 4 is 0 Å². The maximum Gasteiger partial charge on any atom is 0.186 e. The average Bonchev–Trinajstić information content (AvgIpc) is 0.802. The molecule has 51 nitrogen and oxygen atoms in total. The third-order valence-electron chi connectivity index (χ3n) is 20.7. The van der Waals surface area contributed by atoms with Gasteiger partial charge >= 0.3 is 0 Å². The SMILES string of the molecule is OC[C@@H]1O[C@@H](OC[C@@H]2O[C@@H](OC[C@@H]3O[C@@H](OC[C@@H]4O[C@@H](OC[C@H]5O[C@@H](OC[C@H]6O[C@H](OC[C@H]7O[C@H](OC[C@H]8O[C@H](OC[C@H]9O[C@H](OC[C@H]%10O[C@H](O)[C@H](O)[C@H](O)[C@H]%10O)[C@H](O)[C@H](O)[C@H]9O)[C@H](O)[C@H](O)[C@H]8O)[C@H](O)[C@H](O)[C@H]7O)[C@H](O)[C@H](O)[C@H]6O)[C@@H](O)[C@@H](O)[C@H]5O)[C@H](O)[C@@H](O)[C@H]4O)[C@H](O)[C@@H](O)[C@H]3O)[C@H](O)[C@@H](O)[C@H]2O)[C@H](O)[C@@H](O)[C@H]1O. The van der Waals surface area contributed by atoms with Crippen LogP contribution in [-0.4, -0.2) is 537 Å². The predicted octanol–water partition coefficient (Wildman–Crippen LogP) is -22.8. The summed E-state index contributed by atoms with van der Waals surface area (Å²) in [6, 6.07) is 0. The lowest BCUT2D eigenvalue weighted by atomic mass is 9.97. The van der Waals surface area contributed by atoms with E-state index < -0.39 is 373 Å². The van der Waals surface area contributed by atoms with Gasteiger partial charge in [0, 0.05) is 0 Å². The van der Waals surface area contributed by atoms with Crippen molar-refractivity contribution in [1.82, 2.24) is 0 Å². The van der Waals surface area contributed by atoms with Gasteiger partial charge in [-0.1, -0.05) is 0 Å². The zero-order valence-electron chi connectivity index (χ0n) is 58.0. The van der Waals surface area contributed by atoms with Gasteiger partial charge in [-0.25, -0.2) is 0 Å². The summed E-state index contributed by atoms with van der Waals surface area (Å²) in [6.07, 6.45) is -96.1. The van der Waals surface area contributed by atoms with Crippen LogP contribution in [0.15, 0.2) is 0 Å². The Morgan fingerprint density at radius 3 is 0.396 bits per heavy atom. The molecule has 10 aliphatic rings. The topological polar surface area (TPSA) is 823 Å². The van der Waals surface area contributed by atoms with Crippen LogP contribution in [0.25, 0.3) is 0 Å². The monoisotopic (exact) mass is 1640 g/mol. The molecule has 0 radical (unpaired) electrons. The van der Waals surface area contributed by atoms with Crippen molar-refractivity contribution in [2.45, 2.75) is 307 Å². The minimum absolute atomic E-state index is 0.738. The molecule has 10 heterocycles. The Kier molecular flexibility index (Phi) is 32.4. The largest absolute Gasteiger partial charge is 0.394 e. The summed E-state index contributed by atoms with van der Waals surface area (Å²) in [5, 5.41) is 340. The van der Waals surface area contributed by atoms with Crippen LogP contribution in [0.4, 0.5) is 0 Å². The minimum atomic E-state index is -2.14. The summed E-state index contributed by atoms with van der Waals surface area (Å²) < 4.78 is 105. The van der Waals surface area contributed by atoms with E-state index in [0.717, 1.165) is 0 Å². The fraction of sp³-hybridized carbons (Fsp3) is 1.00. The van der Waals surface area contributed by atoms with Gasteiger partial charge in [-0.3, -0.25) is 0 Å². The summed E-state index contributed by atoms with van der Waals surface area (Å²) in [5.74, 6) is 0. The summed E-state index contributed by atoms with van der Waals surface area (Å²) in [7, 11) is 0. The van der Waals surface area contributed by atoms with E-state index >= 15 is 0 Å². The summed E-state index contributed by atoms with van der Waals surface area (Å²) in [6.45, 7) is -8.49. The summed E-state index contributed by atoms with van der Waals surface area (Å²) in [4.78, 5) is 0. The van der Waals surface area contributed by atoms with Gasteiger partial charge in [0.25, 0.3) is 0 Å². The van der Waals surface area contributed by atoms with Crippen molar-refractivity contribution in [3.8, 4) is 0 Å². The van der Waals surface area contributed by atoms with Crippen molar-refractivity contribution in [2.75, 3.05) is 66.1 Å². The molecule has 10 aliphatic heterocycles. The first kappa shape index (κ1) is 91.3. The molecule has 0 aromatic carbocycles. The molecule has 0 spiro atoms. The fourth-order valence-corrected chi connectivity index (χ4v) is 13.5. The predicted molar refractivity (Wildman–Crippen MR) is 330 cm³/mol. The van der Waals surface area contributed by atoms with Crippen molar-refractivity contribution < 1.29 is 253 Å². The van der Waals surface area contributed by atoms with Crippen LogP contribution in [-0.2, 0) is 90.0 Å². The standard InChI is InChI=1S/C60H102O51/c61-1-11-21(62)32(73)42(83)52(103-11)94-3-13-23(64)34(75)44(85)54(105-13)96-5-15-25(66)36(77)46(87)56(107-15)98-7-17-27(68)38(79)48(89)58(109-17)100-9-19-29(70)40(81)50(91)60(111-19)101-10-20-30(71)39(80)49(90)59(110-20)99-8-18-28(69)37(78)47(88)57(108-18)97-6-16-26(67)35(76)45(86)55(106-16)95-4-14-24(65)33(74)43(84)53(104-14)93-2-12-22(63)31(72)41(82)51(92)102-12/h11-92H,1-10H2/t11-,12+,13-,14+,15-,16+,17-,18+,19+,20+,21-,22-,23-,24-,25-,26-,27-,28-,29-,30-,31+,32-,33+,34-,35+,36-,37+,38-,39+,40-,41+,42+,43+,44+,45+,46+,47+,48+,49+,50-,51-,52+,53-,54+,55-,56+,57-,58+,59-,60+/m0/s1. The molecule has 51 heteroatoms. The highest BCUT2D eigenvalue weighted by Crippen LogP contribution is 2.35. The molecule has 111 heavy (non-hydrogen) atoms. The lowest BCUT2D eigenvalue weighted by Crippen LogP contribution is -2.64. The number of aliphatic hydroxyl groups excluding tert-OH is 32. The van der Waals surface area contributed by atoms with E-state index in [1.165, 1.54) is 0 Å². The Morgan fingerprint density at radius 1 is 0.135 bits per heavy atom.